The van der Waals surface area contributed by atoms with Crippen molar-refractivity contribution in [1.29, 1.82) is 0 Å². The molecule has 4 rings (SSSR count). The predicted octanol–water partition coefficient (Wildman–Crippen LogP) is 3.37. The Morgan fingerprint density at radius 3 is 3.14 bits per heavy atom. The van der Waals surface area contributed by atoms with Gasteiger partial charge in [0.1, 0.15) is 12.3 Å². The van der Waals surface area contributed by atoms with Crippen LogP contribution in [0.15, 0.2) is 35.8 Å². The van der Waals surface area contributed by atoms with Crippen molar-refractivity contribution in [2.75, 3.05) is 0 Å². The molecule has 7 heteroatoms. The number of nitrogens with zero attached hydrogens (tertiary/aromatic N) is 3. The lowest BCUT2D eigenvalue weighted by Crippen LogP contribution is -2.05. The topological polar surface area (TPSA) is 69.7 Å². The van der Waals surface area contributed by atoms with E-state index in [2.05, 4.69) is 11.1 Å². The zero-order valence-corrected chi connectivity index (χ0v) is 11.7. The molecule has 0 saturated heterocycles. The van der Waals surface area contributed by atoms with E-state index in [1.807, 2.05) is 18.2 Å². The zero-order chi connectivity index (χ0) is 14.4. The van der Waals surface area contributed by atoms with Crippen LogP contribution in [0.4, 0.5) is 5.82 Å². The number of imidazole rings is 1. The lowest BCUT2D eigenvalue weighted by molar-refractivity contribution is -0.391. The highest BCUT2D eigenvalue weighted by Gasteiger charge is 2.30. The minimum atomic E-state index is -0.442. The smallest absolute Gasteiger partial charge is 0.393 e. The Kier molecular flexibility index (Phi) is 2.68. The molecule has 2 aromatic heterocycles. The molecule has 0 saturated carbocycles. The Labute approximate surface area is 123 Å². The van der Waals surface area contributed by atoms with Crippen molar-refractivity contribution < 1.29 is 9.66 Å². The molecule has 6 nitrogen and oxygen atoms in total. The normalized spacial score (nSPS) is 17.0. The molecule has 21 heavy (non-hydrogen) atoms. The maximum Gasteiger partial charge on any atom is 0.393 e. The van der Waals surface area contributed by atoms with Crippen LogP contribution in [0.5, 0.6) is 5.88 Å². The number of ether oxygens (including phenoxy) is 1. The van der Waals surface area contributed by atoms with Gasteiger partial charge in [0.2, 0.25) is 0 Å². The molecular formula is C14H11N3O3S. The van der Waals surface area contributed by atoms with Gasteiger partial charge in [-0.25, -0.2) is 0 Å². The molecule has 0 amide bonds. The maximum atomic E-state index is 11.3. The summed E-state index contributed by atoms with van der Waals surface area (Å²) in [5.74, 6) is 0.00387. The van der Waals surface area contributed by atoms with E-state index in [0.29, 0.717) is 4.96 Å². The van der Waals surface area contributed by atoms with Gasteiger partial charge in [-0.05, 0) is 28.9 Å². The van der Waals surface area contributed by atoms with Crippen LogP contribution in [0, 0.1) is 10.1 Å². The van der Waals surface area contributed by atoms with E-state index in [1.54, 1.807) is 11.6 Å². The molecule has 1 aromatic carbocycles. The van der Waals surface area contributed by atoms with Gasteiger partial charge in [-0.15, -0.1) is 0 Å². The first kappa shape index (κ1) is 12.3. The van der Waals surface area contributed by atoms with Gasteiger partial charge in [-0.3, -0.25) is 0 Å². The third-order valence-electron chi connectivity index (χ3n) is 3.71. The first-order chi connectivity index (χ1) is 10.2. The van der Waals surface area contributed by atoms with Crippen LogP contribution < -0.4 is 4.74 Å². The van der Waals surface area contributed by atoms with E-state index in [-0.39, 0.29) is 17.8 Å². The highest BCUT2D eigenvalue weighted by Crippen LogP contribution is 2.38. The number of fused-ring (bicyclic) bond motifs is 2. The molecule has 0 fully saturated rings. The number of aryl methyl sites for hydroxylation is 1. The number of thiazole rings is 1. The van der Waals surface area contributed by atoms with Crippen molar-refractivity contribution in [2.24, 2.45) is 0 Å². The lowest BCUT2D eigenvalue weighted by atomic mass is 10.1. The largest absolute Gasteiger partial charge is 0.463 e. The molecule has 0 aliphatic heterocycles. The number of benzene rings is 1. The fraction of sp³-hybridized carbons (Fsp3) is 0.214. The van der Waals surface area contributed by atoms with Crippen molar-refractivity contribution in [3.05, 3.63) is 57.1 Å². The maximum absolute atomic E-state index is 11.3. The van der Waals surface area contributed by atoms with Gasteiger partial charge in [0.05, 0.1) is 0 Å². The third kappa shape index (κ3) is 1.89. The number of hydrogen-bond donors (Lipinski definition) is 0. The highest BCUT2D eigenvalue weighted by atomic mass is 32.1. The summed E-state index contributed by atoms with van der Waals surface area (Å²) < 4.78 is 7.33. The van der Waals surface area contributed by atoms with Gasteiger partial charge >= 0.3 is 11.7 Å². The van der Waals surface area contributed by atoms with Crippen molar-refractivity contribution in [1.82, 2.24) is 9.38 Å². The Hall–Kier alpha value is -2.41. The molecule has 1 unspecified atom stereocenters. The minimum Gasteiger partial charge on any atom is -0.463 e. The van der Waals surface area contributed by atoms with Crippen molar-refractivity contribution in [3.63, 3.8) is 0 Å². The number of rotatable bonds is 3. The van der Waals surface area contributed by atoms with Crippen molar-refractivity contribution in [2.45, 2.75) is 18.9 Å². The quantitative estimate of drug-likeness (QED) is 0.549. The Morgan fingerprint density at radius 2 is 2.29 bits per heavy atom. The predicted molar refractivity (Wildman–Crippen MR) is 77.9 cm³/mol. The van der Waals surface area contributed by atoms with Gasteiger partial charge in [0.15, 0.2) is 0 Å². The Balaban J connectivity index is 1.74. The summed E-state index contributed by atoms with van der Waals surface area (Å²) in [6, 6.07) is 8.03. The highest BCUT2D eigenvalue weighted by molar-refractivity contribution is 7.15. The summed E-state index contributed by atoms with van der Waals surface area (Å²) in [7, 11) is 0. The SMILES string of the molecule is O=[N+]([O-])c1c(OC2CCc3ccccc32)nc2sccn12. The second kappa shape index (κ2) is 4.56. The van der Waals surface area contributed by atoms with Gasteiger partial charge < -0.3 is 14.9 Å². The van der Waals surface area contributed by atoms with Crippen LogP contribution in [0.2, 0.25) is 0 Å². The molecule has 0 bridgehead atoms. The van der Waals surface area contributed by atoms with E-state index in [9.17, 15) is 10.1 Å². The molecule has 0 radical (unpaired) electrons. The van der Waals surface area contributed by atoms with Crippen molar-refractivity contribution >= 4 is 22.1 Å². The van der Waals surface area contributed by atoms with Crippen LogP contribution in [-0.2, 0) is 6.42 Å². The second-order valence-corrected chi connectivity index (χ2v) is 5.77. The van der Waals surface area contributed by atoms with Gasteiger partial charge in [-0.1, -0.05) is 35.6 Å². The van der Waals surface area contributed by atoms with E-state index >= 15 is 0 Å². The lowest BCUT2D eigenvalue weighted by Gasteiger charge is -2.12. The van der Waals surface area contributed by atoms with E-state index in [4.69, 9.17) is 4.74 Å². The van der Waals surface area contributed by atoms with Crippen LogP contribution >= 0.6 is 11.3 Å². The molecule has 2 heterocycles. The summed E-state index contributed by atoms with van der Waals surface area (Å²) in [4.78, 5) is 15.7. The Bertz CT molecular complexity index is 839. The Morgan fingerprint density at radius 1 is 1.43 bits per heavy atom. The fourth-order valence-corrected chi connectivity index (χ4v) is 3.48. The third-order valence-corrected chi connectivity index (χ3v) is 4.47. The van der Waals surface area contributed by atoms with Gasteiger partial charge in [0.25, 0.3) is 4.96 Å². The standard InChI is InChI=1S/C14H11N3O3S/c18-17(19)13-12(15-14-16(13)7-8-21-14)20-11-6-5-9-3-1-2-4-10(9)11/h1-4,7-8,11H,5-6H2. The van der Waals surface area contributed by atoms with Gasteiger partial charge in [-0.2, -0.15) is 9.38 Å². The first-order valence-corrected chi connectivity index (χ1v) is 7.46. The zero-order valence-electron chi connectivity index (χ0n) is 10.9. The van der Waals surface area contributed by atoms with Crippen LogP contribution in [0.25, 0.3) is 4.96 Å². The van der Waals surface area contributed by atoms with Crippen molar-refractivity contribution in [3.8, 4) is 5.88 Å². The van der Waals surface area contributed by atoms with E-state index in [0.717, 1.165) is 18.4 Å². The molecular weight excluding hydrogens is 290 g/mol. The first-order valence-electron chi connectivity index (χ1n) is 6.58. The van der Waals surface area contributed by atoms with E-state index in [1.165, 1.54) is 21.3 Å². The van der Waals surface area contributed by atoms with E-state index < -0.39 is 4.92 Å². The molecule has 1 aliphatic rings. The summed E-state index contributed by atoms with van der Waals surface area (Å²) in [5, 5.41) is 13.1. The summed E-state index contributed by atoms with van der Waals surface area (Å²) >= 11 is 1.35. The fourth-order valence-electron chi connectivity index (χ4n) is 2.77. The van der Waals surface area contributed by atoms with Crippen LogP contribution in [0.1, 0.15) is 23.7 Å². The minimum absolute atomic E-state index is 0.101. The summed E-state index contributed by atoms with van der Waals surface area (Å²) in [6.45, 7) is 0. The molecule has 0 spiro atoms. The van der Waals surface area contributed by atoms with Crippen LogP contribution in [-0.4, -0.2) is 14.3 Å². The average Bonchev–Trinajstić information content (AvgIpc) is 3.13. The van der Waals surface area contributed by atoms with Gasteiger partial charge in [0, 0.05) is 5.38 Å². The molecule has 0 N–H and O–H groups in total. The number of hydrogen-bond acceptors (Lipinski definition) is 5. The molecule has 1 aliphatic carbocycles. The summed E-state index contributed by atoms with van der Waals surface area (Å²) in [5.41, 5.74) is 2.34. The number of nitro groups is 1. The number of aromatic nitrogens is 2. The molecule has 3 aromatic rings. The molecule has 106 valence electrons. The van der Waals surface area contributed by atoms with Crippen LogP contribution in [0.3, 0.4) is 0 Å². The second-order valence-electron chi connectivity index (χ2n) is 4.90. The average molecular weight is 301 g/mol. The molecule has 1 atom stereocenters. The summed E-state index contributed by atoms with van der Waals surface area (Å²) in [6.07, 6.45) is 3.23. The monoisotopic (exact) mass is 301 g/mol.